The summed E-state index contributed by atoms with van der Waals surface area (Å²) in [6.07, 6.45) is 0. The van der Waals surface area contributed by atoms with Crippen molar-refractivity contribution in [1.82, 2.24) is 10.1 Å². The fraction of sp³-hybridized carbons (Fsp3) is 0.600. The van der Waals surface area contributed by atoms with Crippen molar-refractivity contribution in [2.24, 2.45) is 5.73 Å². The van der Waals surface area contributed by atoms with E-state index in [4.69, 9.17) is 10.3 Å². The van der Waals surface area contributed by atoms with Crippen LogP contribution in [0.3, 0.4) is 0 Å². The molecular weight excluding hydrogens is 132 g/mol. The lowest BCUT2D eigenvalue weighted by Gasteiger charge is -1.93. The molecule has 5 heteroatoms. The molecule has 0 saturated carbocycles. The monoisotopic (exact) mass is 142 g/mol. The van der Waals surface area contributed by atoms with Gasteiger partial charge in [-0.25, -0.2) is 0 Å². The number of nitrogens with one attached hydrogen (secondary N) is 1. The van der Waals surface area contributed by atoms with E-state index in [9.17, 15) is 0 Å². The minimum absolute atomic E-state index is 0.433. The van der Waals surface area contributed by atoms with Crippen LogP contribution in [0.15, 0.2) is 4.52 Å². The van der Waals surface area contributed by atoms with Crippen molar-refractivity contribution in [2.45, 2.75) is 6.92 Å². The smallest absolute Gasteiger partial charge is 0.321 e. The minimum Gasteiger partial charge on any atom is -0.336 e. The largest absolute Gasteiger partial charge is 0.336 e. The third-order valence-electron chi connectivity index (χ3n) is 0.948. The lowest BCUT2D eigenvalue weighted by molar-refractivity contribution is 0.425. The lowest BCUT2D eigenvalue weighted by Crippen LogP contribution is -2.13. The van der Waals surface area contributed by atoms with Gasteiger partial charge in [0, 0.05) is 13.1 Å². The molecule has 56 valence electrons. The lowest BCUT2D eigenvalue weighted by atomic mass is 10.6. The Labute approximate surface area is 58.6 Å². The molecule has 1 rings (SSSR count). The fourth-order valence-corrected chi connectivity index (χ4v) is 0.548. The standard InChI is InChI=1S/C5H10N4O/c1-4-8-5(10-9-4)7-3-2-6/h2-3,6H2,1H3,(H,7,8,9). The first-order chi connectivity index (χ1) is 4.83. The second-order valence-corrected chi connectivity index (χ2v) is 1.86. The first-order valence-electron chi connectivity index (χ1n) is 3.07. The molecule has 0 bridgehead atoms. The first kappa shape index (κ1) is 7.01. The normalized spacial score (nSPS) is 9.80. The molecule has 0 aliphatic rings. The first-order valence-corrected chi connectivity index (χ1v) is 3.07. The zero-order valence-electron chi connectivity index (χ0n) is 5.79. The molecule has 0 aliphatic carbocycles. The molecule has 0 spiro atoms. The van der Waals surface area contributed by atoms with Crippen LogP contribution in [0.1, 0.15) is 5.82 Å². The number of hydrogen-bond acceptors (Lipinski definition) is 5. The summed E-state index contributed by atoms with van der Waals surface area (Å²) >= 11 is 0. The highest BCUT2D eigenvalue weighted by molar-refractivity contribution is 5.17. The second kappa shape index (κ2) is 3.17. The maximum atomic E-state index is 5.23. The molecule has 0 unspecified atom stereocenters. The van der Waals surface area contributed by atoms with Crippen molar-refractivity contribution in [3.63, 3.8) is 0 Å². The topological polar surface area (TPSA) is 77.0 Å². The highest BCUT2D eigenvalue weighted by atomic mass is 16.5. The summed E-state index contributed by atoms with van der Waals surface area (Å²) in [5.74, 6) is 0.625. The van der Waals surface area contributed by atoms with Crippen molar-refractivity contribution < 1.29 is 4.52 Å². The van der Waals surface area contributed by atoms with Crippen LogP contribution in [0.2, 0.25) is 0 Å². The number of aryl methyl sites for hydroxylation is 1. The van der Waals surface area contributed by atoms with E-state index in [0.717, 1.165) is 0 Å². The zero-order chi connectivity index (χ0) is 7.40. The Bertz CT molecular complexity index is 197. The van der Waals surface area contributed by atoms with Gasteiger partial charge in [0.1, 0.15) is 0 Å². The van der Waals surface area contributed by atoms with Gasteiger partial charge in [-0.05, 0) is 6.92 Å². The van der Waals surface area contributed by atoms with Gasteiger partial charge < -0.3 is 15.6 Å². The van der Waals surface area contributed by atoms with E-state index >= 15 is 0 Å². The van der Waals surface area contributed by atoms with Gasteiger partial charge in [0.05, 0.1) is 0 Å². The maximum Gasteiger partial charge on any atom is 0.321 e. The number of hydrogen-bond donors (Lipinski definition) is 2. The van der Waals surface area contributed by atoms with Crippen LogP contribution in [0.5, 0.6) is 0 Å². The number of nitrogens with two attached hydrogens (primary N) is 1. The number of anilines is 1. The quantitative estimate of drug-likeness (QED) is 0.608. The number of aromatic nitrogens is 2. The van der Waals surface area contributed by atoms with E-state index in [1.165, 1.54) is 0 Å². The molecule has 0 saturated heterocycles. The SMILES string of the molecule is Cc1noc(NCCN)n1. The van der Waals surface area contributed by atoms with Gasteiger partial charge in [-0.1, -0.05) is 5.16 Å². The molecule has 0 aliphatic heterocycles. The van der Waals surface area contributed by atoms with Crippen molar-refractivity contribution in [3.05, 3.63) is 5.82 Å². The van der Waals surface area contributed by atoms with Gasteiger partial charge in [-0.2, -0.15) is 4.98 Å². The average Bonchev–Trinajstić information content (AvgIpc) is 2.31. The molecule has 1 heterocycles. The zero-order valence-corrected chi connectivity index (χ0v) is 5.79. The second-order valence-electron chi connectivity index (χ2n) is 1.86. The molecular formula is C5H10N4O. The molecule has 0 aromatic carbocycles. The summed E-state index contributed by atoms with van der Waals surface area (Å²) < 4.78 is 4.74. The Kier molecular flexibility index (Phi) is 2.22. The molecule has 0 atom stereocenters. The van der Waals surface area contributed by atoms with Gasteiger partial charge in [0.15, 0.2) is 5.82 Å². The predicted octanol–water partition coefficient (Wildman–Crippen LogP) is -0.251. The molecule has 3 N–H and O–H groups in total. The van der Waals surface area contributed by atoms with E-state index < -0.39 is 0 Å². The van der Waals surface area contributed by atoms with Gasteiger partial charge in [-0.3, -0.25) is 0 Å². The highest BCUT2D eigenvalue weighted by Crippen LogP contribution is 1.99. The van der Waals surface area contributed by atoms with Crippen LogP contribution in [-0.4, -0.2) is 23.2 Å². The maximum absolute atomic E-state index is 5.23. The Morgan fingerprint density at radius 1 is 1.70 bits per heavy atom. The van der Waals surface area contributed by atoms with E-state index in [1.54, 1.807) is 6.92 Å². The van der Waals surface area contributed by atoms with E-state index in [1.807, 2.05) is 0 Å². The summed E-state index contributed by atoms with van der Waals surface area (Å²) in [6, 6.07) is 0.433. The summed E-state index contributed by atoms with van der Waals surface area (Å²) in [4.78, 5) is 3.90. The number of nitrogens with zero attached hydrogens (tertiary/aromatic N) is 2. The van der Waals surface area contributed by atoms with Gasteiger partial charge in [-0.15, -0.1) is 0 Å². The van der Waals surface area contributed by atoms with E-state index in [0.29, 0.717) is 24.9 Å². The number of rotatable bonds is 3. The van der Waals surface area contributed by atoms with Crippen molar-refractivity contribution in [1.29, 1.82) is 0 Å². The summed E-state index contributed by atoms with van der Waals surface area (Å²) in [7, 11) is 0. The van der Waals surface area contributed by atoms with Crippen LogP contribution >= 0.6 is 0 Å². The Hall–Kier alpha value is -1.10. The van der Waals surface area contributed by atoms with Crippen molar-refractivity contribution >= 4 is 6.01 Å². The van der Waals surface area contributed by atoms with Gasteiger partial charge in [0.25, 0.3) is 0 Å². The van der Waals surface area contributed by atoms with Crippen molar-refractivity contribution in [3.8, 4) is 0 Å². The summed E-state index contributed by atoms with van der Waals surface area (Å²) in [5.41, 5.74) is 5.23. The third-order valence-corrected chi connectivity index (χ3v) is 0.948. The van der Waals surface area contributed by atoms with Crippen LogP contribution in [0, 0.1) is 6.92 Å². The van der Waals surface area contributed by atoms with E-state index in [2.05, 4.69) is 15.5 Å². The predicted molar refractivity (Wildman–Crippen MR) is 36.6 cm³/mol. The molecule has 5 nitrogen and oxygen atoms in total. The molecule has 1 aromatic heterocycles. The van der Waals surface area contributed by atoms with Gasteiger partial charge >= 0.3 is 6.01 Å². The van der Waals surface area contributed by atoms with E-state index in [-0.39, 0.29) is 0 Å². The summed E-state index contributed by atoms with van der Waals surface area (Å²) in [6.45, 7) is 2.97. The Morgan fingerprint density at radius 3 is 3.00 bits per heavy atom. The minimum atomic E-state index is 0.433. The molecule has 0 amide bonds. The van der Waals surface area contributed by atoms with Crippen LogP contribution < -0.4 is 11.1 Å². The molecule has 1 aromatic rings. The third kappa shape index (κ3) is 1.70. The molecule has 0 fully saturated rings. The molecule has 10 heavy (non-hydrogen) atoms. The average molecular weight is 142 g/mol. The van der Waals surface area contributed by atoms with Crippen LogP contribution in [-0.2, 0) is 0 Å². The summed E-state index contributed by atoms with van der Waals surface area (Å²) in [5, 5.41) is 6.43. The highest BCUT2D eigenvalue weighted by Gasteiger charge is 1.97. The van der Waals surface area contributed by atoms with Gasteiger partial charge in [0.2, 0.25) is 0 Å². The van der Waals surface area contributed by atoms with Crippen LogP contribution in [0.25, 0.3) is 0 Å². The fourth-order valence-electron chi connectivity index (χ4n) is 0.548. The van der Waals surface area contributed by atoms with Crippen LogP contribution in [0.4, 0.5) is 6.01 Å². The Morgan fingerprint density at radius 2 is 2.50 bits per heavy atom. The van der Waals surface area contributed by atoms with Crippen molar-refractivity contribution in [2.75, 3.05) is 18.4 Å². The molecule has 0 radical (unpaired) electrons. The Balaban J connectivity index is 2.42.